The fourth-order valence-corrected chi connectivity index (χ4v) is 3.10. The molecule has 0 unspecified atom stereocenters. The van der Waals surface area contributed by atoms with Crippen molar-refractivity contribution in [1.82, 2.24) is 9.97 Å². The monoisotopic (exact) mass is 307 g/mol. The van der Waals surface area contributed by atoms with Gasteiger partial charge in [0, 0.05) is 23.2 Å². The zero-order valence-corrected chi connectivity index (χ0v) is 12.5. The molecule has 1 aromatic heterocycles. The first-order valence-electron chi connectivity index (χ1n) is 6.74. The number of nitrogen functional groups attached to an aromatic ring is 1. The Hall–Kier alpha value is -1.32. The van der Waals surface area contributed by atoms with Crippen LogP contribution < -0.4 is 5.73 Å². The van der Waals surface area contributed by atoms with Crippen LogP contribution in [0.2, 0.25) is 10.0 Å². The van der Waals surface area contributed by atoms with Gasteiger partial charge in [-0.05, 0) is 25.0 Å². The Morgan fingerprint density at radius 1 is 1.10 bits per heavy atom. The van der Waals surface area contributed by atoms with Crippen molar-refractivity contribution in [1.29, 1.82) is 0 Å². The topological polar surface area (TPSA) is 51.8 Å². The summed E-state index contributed by atoms with van der Waals surface area (Å²) in [5.74, 6) is 1.52. The molecular weight excluding hydrogens is 293 g/mol. The van der Waals surface area contributed by atoms with Gasteiger partial charge in [0.25, 0.3) is 0 Å². The van der Waals surface area contributed by atoms with E-state index in [0.29, 0.717) is 27.6 Å². The van der Waals surface area contributed by atoms with Crippen LogP contribution >= 0.6 is 23.2 Å². The fourth-order valence-electron chi connectivity index (χ4n) is 2.71. The molecule has 20 heavy (non-hydrogen) atoms. The maximum Gasteiger partial charge on any atom is 0.163 e. The van der Waals surface area contributed by atoms with Gasteiger partial charge in [0.05, 0.1) is 10.0 Å². The number of rotatable bonds is 2. The Bertz CT molecular complexity index is 637. The minimum atomic E-state index is 0.470. The van der Waals surface area contributed by atoms with Gasteiger partial charge < -0.3 is 5.73 Å². The van der Waals surface area contributed by atoms with Crippen LogP contribution in [0.4, 0.5) is 5.82 Å². The normalized spacial score (nSPS) is 15.7. The molecule has 1 aromatic carbocycles. The van der Waals surface area contributed by atoms with Crippen molar-refractivity contribution in [2.75, 3.05) is 5.73 Å². The van der Waals surface area contributed by atoms with Crippen LogP contribution in [0.15, 0.2) is 24.3 Å². The lowest BCUT2D eigenvalue weighted by Gasteiger charge is -2.12. The highest BCUT2D eigenvalue weighted by Crippen LogP contribution is 2.36. The quantitative estimate of drug-likeness (QED) is 0.875. The highest BCUT2D eigenvalue weighted by molar-refractivity contribution is 6.43. The van der Waals surface area contributed by atoms with Gasteiger partial charge in [-0.3, -0.25) is 0 Å². The first-order valence-corrected chi connectivity index (χ1v) is 7.49. The number of hydrogen-bond acceptors (Lipinski definition) is 3. The van der Waals surface area contributed by atoms with Crippen LogP contribution in [-0.2, 0) is 0 Å². The standard InChI is InChI=1S/C15H15Cl2N3/c16-11-7-3-6-10(14(11)17)15-19-12(8-13(18)20-15)9-4-1-2-5-9/h3,6-9H,1-2,4-5H2,(H2,18,19,20). The maximum absolute atomic E-state index is 6.24. The van der Waals surface area contributed by atoms with E-state index in [-0.39, 0.29) is 0 Å². The number of anilines is 1. The second kappa shape index (κ2) is 5.58. The van der Waals surface area contributed by atoms with Crippen molar-refractivity contribution in [3.63, 3.8) is 0 Å². The van der Waals surface area contributed by atoms with Gasteiger partial charge in [0.15, 0.2) is 5.82 Å². The molecule has 3 nitrogen and oxygen atoms in total. The molecule has 3 rings (SSSR count). The van der Waals surface area contributed by atoms with Crippen molar-refractivity contribution >= 4 is 29.0 Å². The molecule has 0 aliphatic heterocycles. The second-order valence-electron chi connectivity index (χ2n) is 5.12. The SMILES string of the molecule is Nc1cc(C2CCCC2)nc(-c2cccc(Cl)c2Cl)n1. The summed E-state index contributed by atoms with van der Waals surface area (Å²) in [6.45, 7) is 0. The molecule has 1 fully saturated rings. The molecule has 0 saturated heterocycles. The summed E-state index contributed by atoms with van der Waals surface area (Å²) in [7, 11) is 0. The molecule has 0 atom stereocenters. The van der Waals surface area contributed by atoms with E-state index in [1.165, 1.54) is 25.7 Å². The van der Waals surface area contributed by atoms with Crippen LogP contribution in [0.5, 0.6) is 0 Å². The van der Waals surface area contributed by atoms with E-state index in [0.717, 1.165) is 11.3 Å². The molecule has 1 saturated carbocycles. The van der Waals surface area contributed by atoms with Crippen LogP contribution in [0, 0.1) is 0 Å². The molecule has 1 aliphatic carbocycles. The summed E-state index contributed by atoms with van der Waals surface area (Å²) >= 11 is 12.3. The molecule has 1 heterocycles. The first kappa shape index (κ1) is 13.7. The average molecular weight is 308 g/mol. The van der Waals surface area contributed by atoms with Gasteiger partial charge in [-0.1, -0.05) is 42.1 Å². The lowest BCUT2D eigenvalue weighted by Crippen LogP contribution is -2.03. The number of hydrogen-bond donors (Lipinski definition) is 1. The van der Waals surface area contributed by atoms with E-state index in [1.807, 2.05) is 18.2 Å². The van der Waals surface area contributed by atoms with Gasteiger partial charge in [-0.15, -0.1) is 0 Å². The molecule has 0 spiro atoms. The van der Waals surface area contributed by atoms with Crippen LogP contribution in [0.3, 0.4) is 0 Å². The van der Waals surface area contributed by atoms with Gasteiger partial charge in [-0.25, -0.2) is 9.97 Å². The van der Waals surface area contributed by atoms with E-state index in [2.05, 4.69) is 9.97 Å². The summed E-state index contributed by atoms with van der Waals surface area (Å²) in [5, 5.41) is 0.967. The molecule has 0 radical (unpaired) electrons. The van der Waals surface area contributed by atoms with E-state index >= 15 is 0 Å². The third-order valence-corrected chi connectivity index (χ3v) is 4.55. The first-order chi connectivity index (χ1) is 9.65. The maximum atomic E-state index is 6.24. The zero-order valence-electron chi connectivity index (χ0n) is 10.9. The minimum absolute atomic E-state index is 0.470. The number of nitrogens with zero attached hydrogens (tertiary/aromatic N) is 2. The van der Waals surface area contributed by atoms with Crippen molar-refractivity contribution in [3.05, 3.63) is 40.0 Å². The molecule has 0 bridgehead atoms. The highest BCUT2D eigenvalue weighted by Gasteiger charge is 2.20. The molecule has 0 amide bonds. The van der Waals surface area contributed by atoms with E-state index in [4.69, 9.17) is 28.9 Å². The third-order valence-electron chi connectivity index (χ3n) is 3.73. The van der Waals surface area contributed by atoms with Gasteiger partial charge in [-0.2, -0.15) is 0 Å². The molecular formula is C15H15Cl2N3. The Kier molecular flexibility index (Phi) is 3.81. The Balaban J connectivity index is 2.07. The van der Waals surface area contributed by atoms with Gasteiger partial charge in [0.1, 0.15) is 5.82 Å². The molecule has 2 N–H and O–H groups in total. The largest absolute Gasteiger partial charge is 0.384 e. The highest BCUT2D eigenvalue weighted by atomic mass is 35.5. The Morgan fingerprint density at radius 2 is 1.85 bits per heavy atom. The number of halogens is 2. The van der Waals surface area contributed by atoms with Gasteiger partial charge >= 0.3 is 0 Å². The Morgan fingerprint density at radius 3 is 2.60 bits per heavy atom. The van der Waals surface area contributed by atoms with Gasteiger partial charge in [0.2, 0.25) is 0 Å². The number of nitrogens with two attached hydrogens (primary N) is 1. The molecule has 5 heteroatoms. The molecule has 2 aromatic rings. The van der Waals surface area contributed by atoms with Crippen molar-refractivity contribution in [2.24, 2.45) is 0 Å². The van der Waals surface area contributed by atoms with E-state index in [9.17, 15) is 0 Å². The van der Waals surface area contributed by atoms with Crippen LogP contribution in [0.1, 0.15) is 37.3 Å². The smallest absolute Gasteiger partial charge is 0.163 e. The van der Waals surface area contributed by atoms with E-state index < -0.39 is 0 Å². The number of benzene rings is 1. The third kappa shape index (κ3) is 2.60. The molecule has 1 aliphatic rings. The lowest BCUT2D eigenvalue weighted by molar-refractivity contribution is 0.696. The Labute approximate surface area is 128 Å². The van der Waals surface area contributed by atoms with Crippen molar-refractivity contribution in [2.45, 2.75) is 31.6 Å². The summed E-state index contributed by atoms with van der Waals surface area (Å²) in [6.07, 6.45) is 4.84. The van der Waals surface area contributed by atoms with Crippen molar-refractivity contribution < 1.29 is 0 Å². The average Bonchev–Trinajstić information content (AvgIpc) is 2.95. The number of aromatic nitrogens is 2. The second-order valence-corrected chi connectivity index (χ2v) is 5.91. The summed E-state index contributed by atoms with van der Waals surface area (Å²) in [6, 6.07) is 7.32. The van der Waals surface area contributed by atoms with Crippen LogP contribution in [0.25, 0.3) is 11.4 Å². The predicted molar refractivity (Wildman–Crippen MR) is 83.1 cm³/mol. The lowest BCUT2D eigenvalue weighted by atomic mass is 10.0. The summed E-state index contributed by atoms with van der Waals surface area (Å²) < 4.78 is 0. The van der Waals surface area contributed by atoms with Crippen LogP contribution in [-0.4, -0.2) is 9.97 Å². The minimum Gasteiger partial charge on any atom is -0.384 e. The van der Waals surface area contributed by atoms with E-state index in [1.54, 1.807) is 6.07 Å². The van der Waals surface area contributed by atoms with Crippen molar-refractivity contribution in [3.8, 4) is 11.4 Å². The fraction of sp³-hybridized carbons (Fsp3) is 0.333. The summed E-state index contributed by atoms with van der Waals surface area (Å²) in [4.78, 5) is 8.95. The zero-order chi connectivity index (χ0) is 14.1. The predicted octanol–water partition coefficient (Wildman–Crippen LogP) is 4.69. The molecule has 104 valence electrons. The summed E-state index contributed by atoms with van der Waals surface area (Å²) in [5.41, 5.74) is 7.67.